The van der Waals surface area contributed by atoms with Gasteiger partial charge in [-0.2, -0.15) is 0 Å². The highest BCUT2D eigenvalue weighted by atomic mass is 19.1. The number of hydrogen-bond acceptors (Lipinski definition) is 24. The summed E-state index contributed by atoms with van der Waals surface area (Å²) in [6.45, 7) is 12.5. The molecule has 5 aliphatic rings. The van der Waals surface area contributed by atoms with Crippen LogP contribution in [0.4, 0.5) is 47.5 Å². The van der Waals surface area contributed by atoms with E-state index < -0.39 is 35.7 Å². The largest absolute Gasteiger partial charge is 0.473 e. The predicted octanol–water partition coefficient (Wildman–Crippen LogP) is 7.32. The maximum absolute atomic E-state index is 14.0. The second kappa shape index (κ2) is 30.6. The SMILES string of the molecule is CC(C)(C)OC(=O)N1CCCC(Oc2ccc(N)nn2)C1.CC(C)(C)OC(=O)N1CC[C@H](F)[C@@H](Oc2ccc(N)nn2)C1.Nc1ccc(OC2CCC2)nn1.Nc1ccc(OC2CCCC2)nn1.Nc1ccc(O[C@H]2CCC[C@@H]2F)nn1. The normalized spacial score (nSPS) is 20.7. The number of hydrogen-bond donors (Lipinski definition) is 5. The maximum atomic E-state index is 14.0. The molecule has 26 nitrogen and oxygen atoms in total. The molecule has 5 aromatic heterocycles. The molecule has 2 amide bonds. The zero-order chi connectivity index (χ0) is 59.2. The lowest BCUT2D eigenvalue weighted by atomic mass is 9.96. The van der Waals surface area contributed by atoms with Gasteiger partial charge in [0.2, 0.25) is 29.4 Å². The van der Waals surface area contributed by atoms with Gasteiger partial charge in [0.05, 0.1) is 13.1 Å². The van der Waals surface area contributed by atoms with E-state index >= 15 is 0 Å². The van der Waals surface area contributed by atoms with Crippen LogP contribution < -0.4 is 52.4 Å². The van der Waals surface area contributed by atoms with Gasteiger partial charge in [-0.05, 0) is 149 Å². The Bertz CT molecular complexity index is 2670. The summed E-state index contributed by atoms with van der Waals surface area (Å²) in [5.74, 6) is 3.89. The van der Waals surface area contributed by atoms with E-state index in [-0.39, 0.29) is 43.0 Å². The van der Waals surface area contributed by atoms with Crippen molar-refractivity contribution in [2.24, 2.45) is 0 Å². The summed E-state index contributed by atoms with van der Waals surface area (Å²) in [5.41, 5.74) is 26.0. The number of rotatable bonds is 10. The van der Waals surface area contributed by atoms with Crippen molar-refractivity contribution in [3.63, 3.8) is 0 Å². The van der Waals surface area contributed by atoms with Crippen LogP contribution >= 0.6 is 0 Å². The summed E-state index contributed by atoms with van der Waals surface area (Å²) in [7, 11) is 0. The van der Waals surface area contributed by atoms with E-state index in [1.165, 1.54) is 36.3 Å². The highest BCUT2D eigenvalue weighted by Gasteiger charge is 2.36. The fourth-order valence-electron chi connectivity index (χ4n) is 8.31. The monoisotopic (exact) mass is 1150 g/mol. The van der Waals surface area contributed by atoms with Gasteiger partial charge in [0.15, 0.2) is 0 Å². The van der Waals surface area contributed by atoms with Gasteiger partial charge in [0.25, 0.3) is 0 Å². The van der Waals surface area contributed by atoms with E-state index in [2.05, 4.69) is 51.0 Å². The molecule has 1 unspecified atom stereocenters. The van der Waals surface area contributed by atoms with Crippen molar-refractivity contribution < 1.29 is 51.5 Å². The molecule has 82 heavy (non-hydrogen) atoms. The molecule has 448 valence electrons. The third kappa shape index (κ3) is 22.7. The van der Waals surface area contributed by atoms with Crippen molar-refractivity contribution in [3.05, 3.63) is 60.7 Å². The molecule has 0 bridgehead atoms. The molecule has 28 heteroatoms. The van der Waals surface area contributed by atoms with Crippen molar-refractivity contribution in [2.75, 3.05) is 54.8 Å². The van der Waals surface area contributed by atoms with Crippen LogP contribution in [0.25, 0.3) is 0 Å². The Balaban J connectivity index is 0.000000168. The number of carbonyl (C=O) groups is 2. The van der Waals surface area contributed by atoms with Gasteiger partial charge >= 0.3 is 12.2 Å². The average molecular weight is 1150 g/mol. The third-order valence-electron chi connectivity index (χ3n) is 12.6. The van der Waals surface area contributed by atoms with Crippen LogP contribution in [0.1, 0.15) is 125 Å². The first-order valence-electron chi connectivity index (χ1n) is 27.6. The van der Waals surface area contributed by atoms with Gasteiger partial charge in [0, 0.05) is 49.8 Å². The standard InChI is InChI=1S/C14H21FN4O3.C14H22N4O3.C9H12FN3O.C9H13N3O.C8H11N3O/c1-14(2,3)22-13(20)19-7-6-9(15)10(8-19)21-12-5-4-11(16)17-18-12;1-14(2,3)21-13(19)18-8-4-5-10(9-18)20-12-7-6-11(15)16-17-12;10-6-2-1-3-7(6)14-9-5-4-8(11)12-13-9;10-8-5-6-9(12-11-8)13-7-3-1-2-4-7;9-7-4-5-8(11-10-7)12-6-2-1-3-6/h4-5,9-10H,6-8H2,1-3H3,(H2,16,17);6-7,10H,4-5,8-9H2,1-3H3,(H2,15,16);4-7H,1-3H2,(H2,11,12);5-7H,1-4H2,(H2,10,11);4-6H,1-3H2,(H2,9,10)/t9-,10-;;6-,7-;;/m0.0../s1. The van der Waals surface area contributed by atoms with Crippen LogP contribution in [0.2, 0.25) is 0 Å². The Hall–Kier alpha value is -8.20. The van der Waals surface area contributed by atoms with Crippen LogP contribution in [-0.2, 0) is 9.47 Å². The Morgan fingerprint density at radius 3 is 1.10 bits per heavy atom. The van der Waals surface area contributed by atoms with Gasteiger partial charge in [0.1, 0.15) is 83.2 Å². The number of amides is 2. The number of alkyl halides is 2. The lowest BCUT2D eigenvalue weighted by Gasteiger charge is -2.35. The molecule has 5 fully saturated rings. The number of piperidine rings is 2. The Labute approximate surface area is 476 Å². The van der Waals surface area contributed by atoms with Crippen LogP contribution in [-0.4, -0.2) is 153 Å². The topological polar surface area (TPSA) is 364 Å². The molecule has 0 radical (unpaired) electrons. The van der Waals surface area contributed by atoms with Gasteiger partial charge < -0.3 is 71.6 Å². The number of likely N-dealkylation sites (tertiary alicyclic amines) is 2. The molecule has 7 heterocycles. The Morgan fingerprint density at radius 2 is 0.744 bits per heavy atom. The number of nitrogen functional groups attached to an aromatic ring is 5. The molecule has 3 saturated carbocycles. The smallest absolute Gasteiger partial charge is 0.410 e. The van der Waals surface area contributed by atoms with Crippen LogP contribution in [0.5, 0.6) is 29.4 Å². The van der Waals surface area contributed by atoms with E-state index in [1.54, 1.807) is 74.2 Å². The molecule has 3 aliphatic carbocycles. The first kappa shape index (κ1) is 63.0. The van der Waals surface area contributed by atoms with Crippen molar-refractivity contribution in [1.82, 2.24) is 60.8 Å². The molecule has 5 atom stereocenters. The maximum Gasteiger partial charge on any atom is 0.410 e. The minimum atomic E-state index is -1.18. The van der Waals surface area contributed by atoms with Crippen LogP contribution in [0, 0.1) is 0 Å². The average Bonchev–Trinajstić information content (AvgIpc) is 4.18. The molecule has 10 N–H and O–H groups in total. The molecule has 2 aliphatic heterocycles. The third-order valence-corrected chi connectivity index (χ3v) is 12.6. The minimum absolute atomic E-state index is 0.0993. The van der Waals surface area contributed by atoms with E-state index in [4.69, 9.17) is 61.8 Å². The van der Waals surface area contributed by atoms with Crippen LogP contribution in [0.3, 0.4) is 0 Å². The summed E-state index contributed by atoms with van der Waals surface area (Å²) < 4.78 is 65.5. The summed E-state index contributed by atoms with van der Waals surface area (Å²) >= 11 is 0. The summed E-state index contributed by atoms with van der Waals surface area (Å²) in [5, 5.41) is 37.4. The van der Waals surface area contributed by atoms with Gasteiger partial charge in [-0.25, -0.2) is 18.4 Å². The molecular weight excluding hydrogens is 1070 g/mol. The highest BCUT2D eigenvalue weighted by Crippen LogP contribution is 2.28. The molecule has 0 aromatic carbocycles. The second-order valence-corrected chi connectivity index (χ2v) is 22.0. The Morgan fingerprint density at radius 1 is 0.402 bits per heavy atom. The lowest BCUT2D eigenvalue weighted by Crippen LogP contribution is -2.51. The molecule has 0 spiro atoms. The number of aromatic nitrogens is 10. The van der Waals surface area contributed by atoms with Crippen molar-refractivity contribution >= 4 is 41.3 Å². The Kier molecular flexibility index (Phi) is 23.5. The number of ether oxygens (including phenoxy) is 7. The van der Waals surface area contributed by atoms with Crippen molar-refractivity contribution in [3.8, 4) is 29.4 Å². The number of halogens is 2. The molecule has 2 saturated heterocycles. The summed E-state index contributed by atoms with van der Waals surface area (Å²) in [4.78, 5) is 27.2. The van der Waals surface area contributed by atoms with E-state index in [0.29, 0.717) is 85.1 Å². The minimum Gasteiger partial charge on any atom is -0.473 e. The number of carbonyl (C=O) groups excluding carboxylic acids is 2. The second-order valence-electron chi connectivity index (χ2n) is 22.0. The number of nitrogens with zero attached hydrogens (tertiary/aromatic N) is 12. The summed E-state index contributed by atoms with van der Waals surface area (Å²) in [6.07, 6.45) is 8.96. The molecule has 10 rings (SSSR count). The summed E-state index contributed by atoms with van der Waals surface area (Å²) in [6, 6.07) is 16.5. The molecule has 5 aromatic rings. The van der Waals surface area contributed by atoms with Gasteiger partial charge in [-0.15, -0.1) is 51.0 Å². The first-order valence-corrected chi connectivity index (χ1v) is 27.6. The van der Waals surface area contributed by atoms with Crippen molar-refractivity contribution in [1.29, 1.82) is 0 Å². The van der Waals surface area contributed by atoms with E-state index in [9.17, 15) is 18.4 Å². The van der Waals surface area contributed by atoms with E-state index in [1.807, 2.05) is 20.8 Å². The van der Waals surface area contributed by atoms with E-state index in [0.717, 1.165) is 51.4 Å². The quantitative estimate of drug-likeness (QED) is 0.0914. The fourth-order valence-corrected chi connectivity index (χ4v) is 8.31. The number of nitrogens with two attached hydrogens (primary N) is 5. The first-order chi connectivity index (χ1) is 39.0. The molecular formula is C54H79F2N17O9. The van der Waals surface area contributed by atoms with Crippen molar-refractivity contribution in [2.45, 2.75) is 179 Å². The zero-order valence-electron chi connectivity index (χ0n) is 47.5. The van der Waals surface area contributed by atoms with Crippen LogP contribution in [0.15, 0.2) is 60.7 Å². The fraction of sp³-hybridized carbons (Fsp3) is 0.593. The van der Waals surface area contributed by atoms with Gasteiger partial charge in [-0.1, -0.05) is 0 Å². The zero-order valence-corrected chi connectivity index (χ0v) is 47.5. The predicted molar refractivity (Wildman–Crippen MR) is 300 cm³/mol. The lowest BCUT2D eigenvalue weighted by molar-refractivity contribution is -0.0135. The van der Waals surface area contributed by atoms with Gasteiger partial charge in [-0.3, -0.25) is 0 Å². The number of anilines is 5. The highest BCUT2D eigenvalue weighted by molar-refractivity contribution is 5.68.